The van der Waals surface area contributed by atoms with Crippen LogP contribution >= 0.6 is 0 Å². The maximum Gasteiger partial charge on any atom is 0.253 e. The van der Waals surface area contributed by atoms with Crippen molar-refractivity contribution in [2.24, 2.45) is 0 Å². The topological polar surface area (TPSA) is 65.1 Å². The lowest BCUT2D eigenvalue weighted by atomic mass is 10.1. The van der Waals surface area contributed by atoms with Crippen LogP contribution in [0.5, 0.6) is 0 Å². The van der Waals surface area contributed by atoms with Gasteiger partial charge in [0.2, 0.25) is 0 Å². The second-order valence-electron chi connectivity index (χ2n) is 4.02. The molecule has 0 saturated carbocycles. The third-order valence-electron chi connectivity index (χ3n) is 2.80. The van der Waals surface area contributed by atoms with Gasteiger partial charge < -0.3 is 15.4 Å². The van der Waals surface area contributed by atoms with Gasteiger partial charge in [0, 0.05) is 18.1 Å². The van der Waals surface area contributed by atoms with Gasteiger partial charge in [-0.25, -0.2) is 0 Å². The number of nitrogens with one attached hydrogen (secondary N) is 2. The first-order valence-corrected chi connectivity index (χ1v) is 5.74. The molecule has 1 atom stereocenters. The summed E-state index contributed by atoms with van der Waals surface area (Å²) in [7, 11) is 0. The number of carbonyl (C=O) groups is 1. The first-order valence-electron chi connectivity index (χ1n) is 5.74. The lowest BCUT2D eigenvalue weighted by molar-refractivity contribution is 0.0915. The van der Waals surface area contributed by atoms with E-state index in [2.05, 4.69) is 10.3 Å². The van der Waals surface area contributed by atoms with Gasteiger partial charge in [0.15, 0.2) is 0 Å². The Morgan fingerprint density at radius 3 is 3.06 bits per heavy atom. The standard InChI is InChI=1S/C13H16N2O2/c1-2-10(16)8-15-13(17)11-5-3-4-9-6-7-14-12(9)11/h3-7,10,14,16H,2,8H2,1H3,(H,15,17). The normalized spacial score (nSPS) is 12.6. The summed E-state index contributed by atoms with van der Waals surface area (Å²) < 4.78 is 0. The number of aromatic nitrogens is 1. The quantitative estimate of drug-likeness (QED) is 0.750. The van der Waals surface area contributed by atoms with Crippen molar-refractivity contribution in [2.45, 2.75) is 19.4 Å². The molecule has 3 N–H and O–H groups in total. The minimum atomic E-state index is -0.484. The van der Waals surface area contributed by atoms with Crippen molar-refractivity contribution in [3.05, 3.63) is 36.0 Å². The number of aromatic amines is 1. The Labute approximate surface area is 99.7 Å². The summed E-state index contributed by atoms with van der Waals surface area (Å²) in [6.07, 6.45) is 1.96. The van der Waals surface area contributed by atoms with Crippen LogP contribution in [0.3, 0.4) is 0 Å². The molecule has 4 heteroatoms. The summed E-state index contributed by atoms with van der Waals surface area (Å²) in [5.74, 6) is -0.162. The molecule has 0 aliphatic heterocycles. The number of rotatable bonds is 4. The average molecular weight is 232 g/mol. The number of fused-ring (bicyclic) bond motifs is 1. The van der Waals surface area contributed by atoms with Gasteiger partial charge in [-0.15, -0.1) is 0 Å². The fourth-order valence-electron chi connectivity index (χ4n) is 1.72. The summed E-state index contributed by atoms with van der Waals surface area (Å²) >= 11 is 0. The van der Waals surface area contributed by atoms with Gasteiger partial charge in [0.05, 0.1) is 17.2 Å². The highest BCUT2D eigenvalue weighted by atomic mass is 16.3. The summed E-state index contributed by atoms with van der Waals surface area (Å²) in [6.45, 7) is 2.16. The molecule has 4 nitrogen and oxygen atoms in total. The number of hydrogen-bond acceptors (Lipinski definition) is 2. The lowest BCUT2D eigenvalue weighted by Crippen LogP contribution is -2.31. The van der Waals surface area contributed by atoms with Crippen LogP contribution in [0.15, 0.2) is 30.5 Å². The monoisotopic (exact) mass is 232 g/mol. The Bertz CT molecular complexity index is 519. The smallest absolute Gasteiger partial charge is 0.253 e. The number of hydrogen-bond donors (Lipinski definition) is 3. The molecule has 0 fully saturated rings. The van der Waals surface area contributed by atoms with Crippen LogP contribution in [0, 0.1) is 0 Å². The fourth-order valence-corrected chi connectivity index (χ4v) is 1.72. The zero-order chi connectivity index (χ0) is 12.3. The van der Waals surface area contributed by atoms with Crippen molar-refractivity contribution in [1.29, 1.82) is 0 Å². The maximum absolute atomic E-state index is 11.9. The van der Waals surface area contributed by atoms with Crippen LogP contribution in [0.2, 0.25) is 0 Å². The van der Waals surface area contributed by atoms with E-state index in [-0.39, 0.29) is 12.5 Å². The third-order valence-corrected chi connectivity index (χ3v) is 2.80. The lowest BCUT2D eigenvalue weighted by Gasteiger charge is -2.09. The Morgan fingerprint density at radius 1 is 1.47 bits per heavy atom. The minimum Gasteiger partial charge on any atom is -0.391 e. The first-order chi connectivity index (χ1) is 8.22. The molecular weight excluding hydrogens is 216 g/mol. The number of carbonyl (C=O) groups excluding carboxylic acids is 1. The van der Waals surface area contributed by atoms with Crippen molar-refractivity contribution < 1.29 is 9.90 Å². The van der Waals surface area contributed by atoms with Crippen molar-refractivity contribution in [2.75, 3.05) is 6.54 Å². The highest BCUT2D eigenvalue weighted by Gasteiger charge is 2.11. The van der Waals surface area contributed by atoms with Gasteiger partial charge in [-0.2, -0.15) is 0 Å². The zero-order valence-electron chi connectivity index (χ0n) is 9.73. The van der Waals surface area contributed by atoms with Crippen molar-refractivity contribution in [3.63, 3.8) is 0 Å². The van der Waals surface area contributed by atoms with Crippen LogP contribution in [0.4, 0.5) is 0 Å². The number of benzene rings is 1. The number of aliphatic hydroxyl groups is 1. The van der Waals surface area contributed by atoms with Gasteiger partial charge in [-0.3, -0.25) is 4.79 Å². The number of aliphatic hydroxyl groups excluding tert-OH is 1. The molecule has 1 heterocycles. The molecule has 0 aliphatic carbocycles. The van der Waals surface area contributed by atoms with E-state index in [0.717, 1.165) is 10.9 Å². The Morgan fingerprint density at radius 2 is 2.29 bits per heavy atom. The van der Waals surface area contributed by atoms with Gasteiger partial charge in [-0.05, 0) is 18.6 Å². The second kappa shape index (κ2) is 5.01. The average Bonchev–Trinajstić information content (AvgIpc) is 2.83. The Hall–Kier alpha value is -1.81. The van der Waals surface area contributed by atoms with E-state index < -0.39 is 6.10 Å². The number of H-pyrrole nitrogens is 1. The first kappa shape index (κ1) is 11.7. The fraction of sp³-hybridized carbons (Fsp3) is 0.308. The Kier molecular flexibility index (Phi) is 3.44. The molecule has 0 saturated heterocycles. The molecule has 2 aromatic rings. The van der Waals surface area contributed by atoms with Crippen molar-refractivity contribution >= 4 is 16.8 Å². The molecule has 0 radical (unpaired) electrons. The van der Waals surface area contributed by atoms with E-state index in [0.29, 0.717) is 12.0 Å². The molecule has 1 aromatic heterocycles. The van der Waals surface area contributed by atoms with Crippen molar-refractivity contribution in [3.8, 4) is 0 Å². The van der Waals surface area contributed by atoms with E-state index in [1.54, 1.807) is 6.07 Å². The third kappa shape index (κ3) is 2.47. The van der Waals surface area contributed by atoms with Gasteiger partial charge >= 0.3 is 0 Å². The molecule has 1 unspecified atom stereocenters. The summed E-state index contributed by atoms with van der Waals surface area (Å²) in [5.41, 5.74) is 1.44. The van der Waals surface area contributed by atoms with Gasteiger partial charge in [0.1, 0.15) is 0 Å². The predicted octanol–water partition coefficient (Wildman–Crippen LogP) is 1.67. The Balaban J connectivity index is 2.16. The molecular formula is C13H16N2O2. The van der Waals surface area contributed by atoms with Crippen molar-refractivity contribution in [1.82, 2.24) is 10.3 Å². The largest absolute Gasteiger partial charge is 0.391 e. The highest BCUT2D eigenvalue weighted by molar-refractivity contribution is 6.05. The van der Waals surface area contributed by atoms with Crippen LogP contribution in [-0.2, 0) is 0 Å². The summed E-state index contributed by atoms with van der Waals surface area (Å²) in [6, 6.07) is 7.49. The molecule has 0 aliphatic rings. The molecule has 0 bridgehead atoms. The SMILES string of the molecule is CCC(O)CNC(=O)c1cccc2cc[nH]c12. The second-order valence-corrected chi connectivity index (χ2v) is 4.02. The summed E-state index contributed by atoms with van der Waals surface area (Å²) in [5, 5.41) is 13.1. The van der Waals surface area contributed by atoms with Crippen LogP contribution in [0.25, 0.3) is 10.9 Å². The van der Waals surface area contributed by atoms with E-state index >= 15 is 0 Å². The van der Waals surface area contributed by atoms with Crippen LogP contribution < -0.4 is 5.32 Å². The predicted molar refractivity (Wildman–Crippen MR) is 66.9 cm³/mol. The minimum absolute atomic E-state index is 0.162. The molecule has 1 aromatic carbocycles. The van der Waals surface area contributed by atoms with Crippen LogP contribution in [-0.4, -0.2) is 28.6 Å². The van der Waals surface area contributed by atoms with E-state index in [9.17, 15) is 9.90 Å². The number of para-hydroxylation sites is 1. The summed E-state index contributed by atoms with van der Waals surface area (Å²) in [4.78, 5) is 15.0. The van der Waals surface area contributed by atoms with E-state index in [1.165, 1.54) is 0 Å². The van der Waals surface area contributed by atoms with Gasteiger partial charge in [0.25, 0.3) is 5.91 Å². The highest BCUT2D eigenvalue weighted by Crippen LogP contribution is 2.16. The molecule has 1 amide bonds. The molecule has 17 heavy (non-hydrogen) atoms. The van der Waals surface area contributed by atoms with E-state index in [1.807, 2.05) is 31.3 Å². The zero-order valence-corrected chi connectivity index (χ0v) is 9.73. The molecule has 0 spiro atoms. The molecule has 90 valence electrons. The van der Waals surface area contributed by atoms with Gasteiger partial charge in [-0.1, -0.05) is 19.1 Å². The molecule has 2 rings (SSSR count). The number of amides is 1. The van der Waals surface area contributed by atoms with Crippen LogP contribution in [0.1, 0.15) is 23.7 Å². The van der Waals surface area contributed by atoms with E-state index in [4.69, 9.17) is 0 Å². The maximum atomic E-state index is 11.9.